The van der Waals surface area contributed by atoms with E-state index in [9.17, 15) is 18.0 Å². The Morgan fingerprint density at radius 2 is 1.52 bits per heavy atom. The first kappa shape index (κ1) is 19.8. The molecule has 7 heteroatoms. The van der Waals surface area contributed by atoms with Gasteiger partial charge in [0.1, 0.15) is 5.70 Å². The van der Waals surface area contributed by atoms with Crippen LogP contribution in [0.2, 0.25) is 0 Å². The molecule has 0 amide bonds. The van der Waals surface area contributed by atoms with Crippen molar-refractivity contribution in [1.29, 1.82) is 0 Å². The number of nitrogens with one attached hydrogen (secondary N) is 1. The van der Waals surface area contributed by atoms with Gasteiger partial charge in [0.05, 0.1) is 0 Å². The van der Waals surface area contributed by atoms with E-state index in [0.29, 0.717) is 13.1 Å². The van der Waals surface area contributed by atoms with E-state index in [4.69, 9.17) is 0 Å². The van der Waals surface area contributed by atoms with Crippen LogP contribution in [0.3, 0.4) is 0 Å². The lowest BCUT2D eigenvalue weighted by atomic mass is 9.91. The van der Waals surface area contributed by atoms with Crippen molar-refractivity contribution < 1.29 is 18.0 Å². The minimum Gasteiger partial charge on any atom is -0.367 e. The van der Waals surface area contributed by atoms with Gasteiger partial charge in [0.15, 0.2) is 4.91 Å². The third-order valence-corrected chi connectivity index (χ3v) is 6.39. The van der Waals surface area contributed by atoms with E-state index in [1.807, 2.05) is 13.8 Å². The number of fused-ring (bicyclic) bond motifs is 1. The van der Waals surface area contributed by atoms with Crippen LogP contribution >= 0.6 is 0 Å². The van der Waals surface area contributed by atoms with Crippen LogP contribution in [0.25, 0.3) is 0 Å². The van der Waals surface area contributed by atoms with Crippen molar-refractivity contribution in [3.8, 4) is 0 Å². The van der Waals surface area contributed by atoms with Gasteiger partial charge in [-0.3, -0.25) is 9.59 Å². The third kappa shape index (κ3) is 3.99. The number of ketones is 2. The largest absolute Gasteiger partial charge is 0.367 e. The standard InChI is InChI=1S/C20H26N2O4S/c1-14(2)13-21-27(25,26)20-17(22-11-7-3-4-8-12-22)18(23)15-9-5-6-10-16(15)19(20)24/h5-6,9-10,14,21H,3-4,7-8,11-13H2,1-2H3. The number of carbonyl (C=O) groups is 2. The fourth-order valence-electron chi connectivity index (χ4n) is 3.52. The Morgan fingerprint density at radius 1 is 0.963 bits per heavy atom. The van der Waals surface area contributed by atoms with Gasteiger partial charge in [0.25, 0.3) is 0 Å². The number of Topliss-reactive ketones (excluding diaryl/α,β-unsaturated/α-hetero) is 2. The Balaban J connectivity index is 2.15. The number of benzene rings is 1. The van der Waals surface area contributed by atoms with Crippen molar-refractivity contribution in [3.63, 3.8) is 0 Å². The molecule has 1 saturated heterocycles. The molecule has 27 heavy (non-hydrogen) atoms. The maximum Gasteiger partial charge on any atom is 0.246 e. The molecule has 1 aliphatic carbocycles. The average molecular weight is 391 g/mol. The first-order valence-electron chi connectivity index (χ1n) is 9.50. The van der Waals surface area contributed by atoms with Crippen molar-refractivity contribution in [2.24, 2.45) is 5.92 Å². The second kappa shape index (κ2) is 7.94. The van der Waals surface area contributed by atoms with Crippen molar-refractivity contribution in [1.82, 2.24) is 9.62 Å². The molecule has 0 bridgehead atoms. The summed E-state index contributed by atoms with van der Waals surface area (Å²) < 4.78 is 28.6. The lowest BCUT2D eigenvalue weighted by Crippen LogP contribution is -2.40. The maximum atomic E-state index is 13.2. The van der Waals surface area contributed by atoms with Crippen molar-refractivity contribution >= 4 is 21.6 Å². The SMILES string of the molecule is CC(C)CNS(=O)(=O)C1=C(N2CCCCCC2)C(=O)c2ccccc2C1=O. The van der Waals surface area contributed by atoms with Gasteiger partial charge in [-0.05, 0) is 18.8 Å². The van der Waals surface area contributed by atoms with Gasteiger partial charge in [-0.25, -0.2) is 13.1 Å². The Labute approximate surface area is 160 Å². The lowest BCUT2D eigenvalue weighted by Gasteiger charge is -2.30. The number of nitrogens with zero attached hydrogens (tertiary/aromatic N) is 1. The number of sulfonamides is 1. The molecule has 0 unspecified atom stereocenters. The van der Waals surface area contributed by atoms with E-state index in [1.54, 1.807) is 23.1 Å². The molecule has 0 radical (unpaired) electrons. The van der Waals surface area contributed by atoms with Crippen LogP contribution in [0.4, 0.5) is 0 Å². The van der Waals surface area contributed by atoms with Crippen LogP contribution in [0.15, 0.2) is 34.9 Å². The highest BCUT2D eigenvalue weighted by atomic mass is 32.2. The molecule has 0 aromatic heterocycles. The molecule has 3 rings (SSSR count). The van der Waals surface area contributed by atoms with Crippen LogP contribution in [-0.4, -0.2) is 44.5 Å². The van der Waals surface area contributed by atoms with Crippen LogP contribution in [0.1, 0.15) is 60.2 Å². The molecule has 1 N–H and O–H groups in total. The molecular formula is C20H26N2O4S. The van der Waals surface area contributed by atoms with Crippen molar-refractivity contribution in [2.45, 2.75) is 39.5 Å². The Morgan fingerprint density at radius 3 is 2.07 bits per heavy atom. The van der Waals surface area contributed by atoms with Crippen LogP contribution in [0.5, 0.6) is 0 Å². The smallest absolute Gasteiger partial charge is 0.246 e. The predicted molar refractivity (Wildman–Crippen MR) is 104 cm³/mol. The molecule has 0 atom stereocenters. The summed E-state index contributed by atoms with van der Waals surface area (Å²) in [5.41, 5.74) is 0.479. The third-order valence-electron chi connectivity index (χ3n) is 4.93. The Hall–Kier alpha value is -1.99. The van der Waals surface area contributed by atoms with Gasteiger partial charge in [-0.1, -0.05) is 51.0 Å². The van der Waals surface area contributed by atoms with Crippen LogP contribution < -0.4 is 4.72 Å². The molecule has 1 aromatic carbocycles. The lowest BCUT2D eigenvalue weighted by molar-refractivity contribution is 0.0947. The number of rotatable bonds is 5. The van der Waals surface area contributed by atoms with Crippen LogP contribution in [-0.2, 0) is 10.0 Å². The quantitative estimate of drug-likeness (QED) is 0.836. The fraction of sp³-hybridized carbons (Fsp3) is 0.500. The zero-order valence-corrected chi connectivity index (χ0v) is 16.6. The summed E-state index contributed by atoms with van der Waals surface area (Å²) in [6.45, 7) is 5.15. The van der Waals surface area contributed by atoms with Gasteiger partial charge in [-0.2, -0.15) is 0 Å². The fourth-order valence-corrected chi connectivity index (χ4v) is 5.05. The number of allylic oxidation sites excluding steroid dienone is 2. The maximum absolute atomic E-state index is 13.2. The van der Waals surface area contributed by atoms with Gasteiger partial charge in [0, 0.05) is 30.8 Å². The van der Waals surface area contributed by atoms with E-state index in [-0.39, 0.29) is 35.1 Å². The summed E-state index contributed by atoms with van der Waals surface area (Å²) in [7, 11) is -4.10. The van der Waals surface area contributed by atoms with E-state index in [0.717, 1.165) is 25.7 Å². The average Bonchev–Trinajstić information content (AvgIpc) is 2.92. The predicted octanol–water partition coefficient (Wildman–Crippen LogP) is 2.73. The summed E-state index contributed by atoms with van der Waals surface area (Å²) in [4.78, 5) is 27.8. The van der Waals surface area contributed by atoms with E-state index in [1.165, 1.54) is 6.07 Å². The molecule has 1 aliphatic heterocycles. The Kier molecular flexibility index (Phi) is 5.81. The van der Waals surface area contributed by atoms with E-state index >= 15 is 0 Å². The molecule has 1 heterocycles. The van der Waals surface area contributed by atoms with Gasteiger partial charge in [-0.15, -0.1) is 0 Å². The topological polar surface area (TPSA) is 83.6 Å². The molecular weight excluding hydrogens is 364 g/mol. The molecule has 2 aliphatic rings. The van der Waals surface area contributed by atoms with E-state index in [2.05, 4.69) is 4.72 Å². The van der Waals surface area contributed by atoms with Crippen LogP contribution in [0, 0.1) is 5.92 Å². The number of hydrogen-bond acceptors (Lipinski definition) is 5. The second-order valence-corrected chi connectivity index (χ2v) is 9.23. The van der Waals surface area contributed by atoms with Crippen molar-refractivity contribution in [3.05, 3.63) is 46.0 Å². The van der Waals surface area contributed by atoms with Gasteiger partial charge < -0.3 is 4.90 Å². The summed E-state index contributed by atoms with van der Waals surface area (Å²) in [5.74, 6) is -0.888. The Bertz CT molecular complexity index is 879. The second-order valence-electron chi connectivity index (χ2n) is 7.53. The summed E-state index contributed by atoms with van der Waals surface area (Å²) in [5, 5.41) is 0. The minimum absolute atomic E-state index is 0.0388. The number of carbonyl (C=O) groups excluding carboxylic acids is 2. The zero-order chi connectivity index (χ0) is 19.6. The molecule has 6 nitrogen and oxygen atoms in total. The molecule has 0 saturated carbocycles. The summed E-state index contributed by atoms with van der Waals surface area (Å²) in [6, 6.07) is 6.46. The molecule has 146 valence electrons. The monoisotopic (exact) mass is 390 g/mol. The molecule has 1 fully saturated rings. The highest BCUT2D eigenvalue weighted by Gasteiger charge is 2.41. The number of likely N-dealkylation sites (tertiary alicyclic amines) is 1. The normalized spacial score (nSPS) is 18.7. The molecule has 0 spiro atoms. The molecule has 1 aromatic rings. The van der Waals surface area contributed by atoms with Crippen molar-refractivity contribution in [2.75, 3.05) is 19.6 Å². The first-order valence-corrected chi connectivity index (χ1v) is 11.0. The summed E-state index contributed by atoms with van der Waals surface area (Å²) in [6.07, 6.45) is 3.82. The van der Waals surface area contributed by atoms with E-state index < -0.39 is 20.7 Å². The first-order chi connectivity index (χ1) is 12.8. The van der Waals surface area contributed by atoms with Gasteiger partial charge in [0.2, 0.25) is 21.6 Å². The highest BCUT2D eigenvalue weighted by Crippen LogP contribution is 2.32. The highest BCUT2D eigenvalue weighted by molar-refractivity contribution is 7.94. The zero-order valence-electron chi connectivity index (χ0n) is 15.8. The van der Waals surface area contributed by atoms with Gasteiger partial charge >= 0.3 is 0 Å². The number of hydrogen-bond donors (Lipinski definition) is 1. The summed E-state index contributed by atoms with van der Waals surface area (Å²) >= 11 is 0. The minimum atomic E-state index is -4.10.